The number of amides is 1. The fourth-order valence-corrected chi connectivity index (χ4v) is 3.29. The van der Waals surface area contributed by atoms with Gasteiger partial charge in [0.05, 0.1) is 12.3 Å². The van der Waals surface area contributed by atoms with Crippen LogP contribution in [0, 0.1) is 0 Å². The van der Waals surface area contributed by atoms with E-state index in [1.54, 1.807) is 6.20 Å². The second-order valence-electron chi connectivity index (χ2n) is 5.29. The SMILES string of the molecule is Cn1ccnc1SCC(=O)N1CC[C@H](Oc2ccccc2)C1. The Bertz CT molecular complexity index is 629. The molecule has 1 atom stereocenters. The summed E-state index contributed by atoms with van der Waals surface area (Å²) in [6.07, 6.45) is 4.59. The molecule has 2 heterocycles. The number of likely N-dealkylation sites (tertiary alicyclic amines) is 1. The van der Waals surface area contributed by atoms with Gasteiger partial charge in [-0.3, -0.25) is 4.79 Å². The summed E-state index contributed by atoms with van der Waals surface area (Å²) in [4.78, 5) is 18.4. The lowest BCUT2D eigenvalue weighted by atomic mass is 10.3. The van der Waals surface area contributed by atoms with Gasteiger partial charge in [0, 0.05) is 32.4 Å². The van der Waals surface area contributed by atoms with Gasteiger partial charge in [-0.25, -0.2) is 4.98 Å². The Morgan fingerprint density at radius 3 is 2.95 bits per heavy atom. The van der Waals surface area contributed by atoms with Crippen LogP contribution in [0.3, 0.4) is 0 Å². The highest BCUT2D eigenvalue weighted by molar-refractivity contribution is 7.99. The highest BCUT2D eigenvalue weighted by Gasteiger charge is 2.27. The van der Waals surface area contributed by atoms with Gasteiger partial charge in [0.2, 0.25) is 5.91 Å². The van der Waals surface area contributed by atoms with E-state index in [4.69, 9.17) is 4.74 Å². The molecule has 1 fully saturated rings. The zero-order valence-electron chi connectivity index (χ0n) is 12.5. The summed E-state index contributed by atoms with van der Waals surface area (Å²) in [5.41, 5.74) is 0. The molecular formula is C16H19N3O2S. The third kappa shape index (κ3) is 3.62. The van der Waals surface area contributed by atoms with Gasteiger partial charge in [0.25, 0.3) is 0 Å². The van der Waals surface area contributed by atoms with Crippen molar-refractivity contribution >= 4 is 17.7 Å². The number of aromatic nitrogens is 2. The molecule has 5 nitrogen and oxygen atoms in total. The van der Waals surface area contributed by atoms with Crippen molar-refractivity contribution in [1.82, 2.24) is 14.5 Å². The van der Waals surface area contributed by atoms with Gasteiger partial charge in [-0.15, -0.1) is 0 Å². The highest BCUT2D eigenvalue weighted by atomic mass is 32.2. The second-order valence-corrected chi connectivity index (χ2v) is 6.23. The smallest absolute Gasteiger partial charge is 0.233 e. The summed E-state index contributed by atoms with van der Waals surface area (Å²) >= 11 is 1.47. The highest BCUT2D eigenvalue weighted by Crippen LogP contribution is 2.20. The van der Waals surface area contributed by atoms with E-state index in [0.717, 1.165) is 23.9 Å². The van der Waals surface area contributed by atoms with Crippen molar-refractivity contribution in [3.8, 4) is 5.75 Å². The van der Waals surface area contributed by atoms with Crippen LogP contribution in [-0.2, 0) is 11.8 Å². The zero-order chi connectivity index (χ0) is 15.4. The molecular weight excluding hydrogens is 298 g/mol. The van der Waals surface area contributed by atoms with Crippen molar-refractivity contribution < 1.29 is 9.53 Å². The first-order chi connectivity index (χ1) is 10.7. The van der Waals surface area contributed by atoms with Crippen molar-refractivity contribution in [2.24, 2.45) is 7.05 Å². The van der Waals surface area contributed by atoms with Gasteiger partial charge >= 0.3 is 0 Å². The van der Waals surface area contributed by atoms with Crippen LogP contribution < -0.4 is 4.74 Å². The van der Waals surface area contributed by atoms with Crippen LogP contribution in [0.4, 0.5) is 0 Å². The zero-order valence-corrected chi connectivity index (χ0v) is 13.3. The number of carbonyl (C=O) groups is 1. The predicted molar refractivity (Wildman–Crippen MR) is 86.0 cm³/mol. The molecule has 0 unspecified atom stereocenters. The molecule has 0 spiro atoms. The number of benzene rings is 1. The van der Waals surface area contributed by atoms with Crippen LogP contribution in [0.15, 0.2) is 47.9 Å². The maximum atomic E-state index is 12.3. The molecule has 3 rings (SSSR count). The molecule has 1 amide bonds. The number of imidazole rings is 1. The summed E-state index contributed by atoms with van der Waals surface area (Å²) in [6.45, 7) is 1.42. The first kappa shape index (κ1) is 15.0. The van der Waals surface area contributed by atoms with Crippen molar-refractivity contribution in [3.05, 3.63) is 42.7 Å². The van der Waals surface area contributed by atoms with Gasteiger partial charge in [-0.2, -0.15) is 0 Å². The molecule has 1 aromatic carbocycles. The summed E-state index contributed by atoms with van der Waals surface area (Å²) in [7, 11) is 1.93. The number of carbonyl (C=O) groups excluding carboxylic acids is 1. The third-order valence-corrected chi connectivity index (χ3v) is 4.69. The fraction of sp³-hybridized carbons (Fsp3) is 0.375. The minimum absolute atomic E-state index is 0.0875. The van der Waals surface area contributed by atoms with Crippen molar-refractivity contribution in [1.29, 1.82) is 0 Å². The van der Waals surface area contributed by atoms with Crippen LogP contribution in [0.25, 0.3) is 0 Å². The molecule has 0 aliphatic carbocycles. The Balaban J connectivity index is 1.47. The minimum atomic E-state index is 0.0875. The van der Waals surface area contributed by atoms with Gasteiger partial charge < -0.3 is 14.2 Å². The normalized spacial score (nSPS) is 17.7. The molecule has 0 radical (unpaired) electrons. The molecule has 0 N–H and O–H groups in total. The Kier molecular flexibility index (Phi) is 4.68. The van der Waals surface area contributed by atoms with Gasteiger partial charge in [0.15, 0.2) is 5.16 Å². The second kappa shape index (κ2) is 6.87. The number of aryl methyl sites for hydroxylation is 1. The van der Waals surface area contributed by atoms with E-state index in [1.165, 1.54) is 11.8 Å². The van der Waals surface area contributed by atoms with Crippen molar-refractivity contribution in [3.63, 3.8) is 0 Å². The number of rotatable bonds is 5. The van der Waals surface area contributed by atoms with E-state index in [9.17, 15) is 4.79 Å². The Morgan fingerprint density at radius 2 is 2.23 bits per heavy atom. The number of hydrogen-bond acceptors (Lipinski definition) is 4. The maximum absolute atomic E-state index is 12.3. The Morgan fingerprint density at radius 1 is 1.41 bits per heavy atom. The van der Waals surface area contributed by atoms with E-state index in [0.29, 0.717) is 12.3 Å². The van der Waals surface area contributed by atoms with Gasteiger partial charge in [-0.1, -0.05) is 30.0 Å². The van der Waals surface area contributed by atoms with Crippen LogP contribution in [0.5, 0.6) is 5.75 Å². The third-order valence-electron chi connectivity index (χ3n) is 3.65. The predicted octanol–water partition coefficient (Wildman–Crippen LogP) is 2.19. The first-order valence-electron chi connectivity index (χ1n) is 7.32. The standard InChI is InChI=1S/C16H19N3O2S/c1-18-10-8-17-16(18)22-12-15(20)19-9-7-14(11-19)21-13-5-3-2-4-6-13/h2-6,8,10,14H,7,9,11-12H2,1H3/t14-/m0/s1. The van der Waals surface area contributed by atoms with E-state index in [2.05, 4.69) is 4.98 Å². The summed E-state index contributed by atoms with van der Waals surface area (Å²) in [5, 5.41) is 0.865. The fourth-order valence-electron chi connectivity index (χ4n) is 2.45. The average Bonchev–Trinajstić information content (AvgIpc) is 3.15. The van der Waals surface area contributed by atoms with E-state index in [1.807, 2.05) is 53.0 Å². The molecule has 1 aromatic heterocycles. The van der Waals surface area contributed by atoms with Gasteiger partial charge in [-0.05, 0) is 12.1 Å². The van der Waals surface area contributed by atoms with Crippen molar-refractivity contribution in [2.75, 3.05) is 18.8 Å². The summed E-state index contributed by atoms with van der Waals surface area (Å²) in [5.74, 6) is 1.43. The monoisotopic (exact) mass is 317 g/mol. The Hall–Kier alpha value is -1.95. The molecule has 22 heavy (non-hydrogen) atoms. The lowest BCUT2D eigenvalue weighted by molar-refractivity contribution is -0.127. The lowest BCUT2D eigenvalue weighted by Crippen LogP contribution is -2.32. The summed E-state index contributed by atoms with van der Waals surface area (Å²) in [6, 6.07) is 9.77. The van der Waals surface area contributed by atoms with E-state index < -0.39 is 0 Å². The largest absolute Gasteiger partial charge is 0.489 e. The molecule has 0 bridgehead atoms. The van der Waals surface area contributed by atoms with E-state index in [-0.39, 0.29) is 12.0 Å². The lowest BCUT2D eigenvalue weighted by Gasteiger charge is -2.17. The average molecular weight is 317 g/mol. The number of nitrogens with zero attached hydrogens (tertiary/aromatic N) is 3. The number of hydrogen-bond donors (Lipinski definition) is 0. The van der Waals surface area contributed by atoms with Crippen LogP contribution >= 0.6 is 11.8 Å². The first-order valence-corrected chi connectivity index (χ1v) is 8.30. The van der Waals surface area contributed by atoms with E-state index >= 15 is 0 Å². The summed E-state index contributed by atoms with van der Waals surface area (Å²) < 4.78 is 7.83. The minimum Gasteiger partial charge on any atom is -0.489 e. The van der Waals surface area contributed by atoms with Gasteiger partial charge in [0.1, 0.15) is 11.9 Å². The molecule has 2 aromatic rings. The topological polar surface area (TPSA) is 47.4 Å². The number of thioether (sulfide) groups is 1. The van der Waals surface area contributed by atoms with Crippen LogP contribution in [0.1, 0.15) is 6.42 Å². The quantitative estimate of drug-likeness (QED) is 0.793. The number of ether oxygens (including phenoxy) is 1. The van der Waals surface area contributed by atoms with Crippen LogP contribution in [0.2, 0.25) is 0 Å². The van der Waals surface area contributed by atoms with Crippen LogP contribution in [-0.4, -0.2) is 45.3 Å². The van der Waals surface area contributed by atoms with Crippen molar-refractivity contribution in [2.45, 2.75) is 17.7 Å². The molecule has 0 saturated carbocycles. The Labute approximate surface area is 134 Å². The molecule has 1 aliphatic rings. The molecule has 1 aliphatic heterocycles. The number of para-hydroxylation sites is 1. The maximum Gasteiger partial charge on any atom is 0.233 e. The molecule has 116 valence electrons. The molecule has 6 heteroatoms. The molecule has 1 saturated heterocycles.